The zero-order chi connectivity index (χ0) is 30.0. The summed E-state index contributed by atoms with van der Waals surface area (Å²) in [6, 6.07) is 11.0. The minimum absolute atomic E-state index is 0.0529. The molecule has 0 radical (unpaired) electrons. The Balaban J connectivity index is 1.35. The molecule has 0 aliphatic carbocycles. The van der Waals surface area contributed by atoms with Crippen LogP contribution >= 0.6 is 11.6 Å². The highest BCUT2D eigenvalue weighted by molar-refractivity contribution is 6.30. The molecule has 0 bridgehead atoms. The van der Waals surface area contributed by atoms with E-state index in [1.54, 1.807) is 24.3 Å². The van der Waals surface area contributed by atoms with Crippen LogP contribution in [0.15, 0.2) is 53.2 Å². The van der Waals surface area contributed by atoms with E-state index in [0.717, 1.165) is 30.3 Å². The molecule has 0 amide bonds. The number of nitrogens with zero attached hydrogens (tertiary/aromatic N) is 5. The summed E-state index contributed by atoms with van der Waals surface area (Å²) in [6.07, 6.45) is -2.79. The fourth-order valence-corrected chi connectivity index (χ4v) is 5.46. The number of hydrogen-bond donors (Lipinski definition) is 3. The molecule has 4 N–H and O–H groups in total. The minimum atomic E-state index is -4.81. The van der Waals surface area contributed by atoms with Crippen LogP contribution in [0, 0.1) is 5.92 Å². The summed E-state index contributed by atoms with van der Waals surface area (Å²) in [7, 11) is 0. The smallest absolute Gasteiger partial charge is 0.434 e. The van der Waals surface area contributed by atoms with Crippen molar-refractivity contribution in [2.24, 2.45) is 11.7 Å². The average Bonchev–Trinajstić information content (AvgIpc) is 3.61. The number of aliphatic hydroxyl groups excluding tert-OH is 1. The Labute approximate surface area is 243 Å². The van der Waals surface area contributed by atoms with Crippen molar-refractivity contribution >= 4 is 17.6 Å². The molecule has 0 spiro atoms. The van der Waals surface area contributed by atoms with Gasteiger partial charge in [-0.15, -0.1) is 0 Å². The zero-order valence-electron chi connectivity index (χ0n) is 22.3. The van der Waals surface area contributed by atoms with Crippen LogP contribution in [-0.4, -0.2) is 60.6 Å². The number of benzene rings is 2. The number of carboxylic acid groups (broad SMARTS) is 1. The van der Waals surface area contributed by atoms with E-state index in [0.29, 0.717) is 34.8 Å². The Bertz CT molecular complexity index is 1560. The minimum Gasteiger partial charge on any atom is -0.481 e. The summed E-state index contributed by atoms with van der Waals surface area (Å²) < 4.78 is 48.7. The van der Waals surface area contributed by atoms with Crippen LogP contribution in [-0.2, 0) is 17.5 Å². The molecular weight excluding hydrogens is 577 g/mol. The Morgan fingerprint density at radius 3 is 2.67 bits per heavy atom. The van der Waals surface area contributed by atoms with Crippen LogP contribution in [0.5, 0.6) is 0 Å². The quantitative estimate of drug-likeness (QED) is 0.242. The van der Waals surface area contributed by atoms with Gasteiger partial charge in [0.05, 0.1) is 23.6 Å². The molecule has 1 aliphatic rings. The summed E-state index contributed by atoms with van der Waals surface area (Å²) in [5.74, 6) is -1.07. The van der Waals surface area contributed by atoms with Crippen LogP contribution in [0.3, 0.4) is 0 Å². The second-order valence-corrected chi connectivity index (χ2v) is 10.7. The Kier molecular flexibility index (Phi) is 8.64. The van der Waals surface area contributed by atoms with Gasteiger partial charge in [-0.1, -0.05) is 41.0 Å². The Morgan fingerprint density at radius 1 is 1.21 bits per heavy atom. The number of rotatable bonds is 9. The average molecular weight is 605 g/mol. The number of aliphatic hydroxyl groups is 1. The summed E-state index contributed by atoms with van der Waals surface area (Å²) in [5.41, 5.74) is 5.84. The molecule has 3 heterocycles. The van der Waals surface area contributed by atoms with Gasteiger partial charge in [-0.05, 0) is 54.6 Å². The molecule has 10 nitrogen and oxygen atoms in total. The molecule has 4 aromatic rings. The number of β-amino-alcohol motifs (C(OH)–C–C–N with tert-alkyl or cyclic N) is 1. The number of aliphatic carboxylic acids is 1. The molecule has 2 aromatic heterocycles. The highest BCUT2D eigenvalue weighted by Crippen LogP contribution is 2.39. The lowest BCUT2D eigenvalue weighted by molar-refractivity contribution is -0.142. The number of aromatic nitrogens is 4. The van der Waals surface area contributed by atoms with Crippen molar-refractivity contribution in [1.29, 1.82) is 0 Å². The number of alkyl halides is 3. The zero-order valence-corrected chi connectivity index (χ0v) is 23.0. The molecular formula is C28H28ClF3N6O4. The maximum atomic E-state index is 14.3. The highest BCUT2D eigenvalue weighted by atomic mass is 35.5. The van der Waals surface area contributed by atoms with E-state index in [2.05, 4.69) is 20.1 Å². The van der Waals surface area contributed by atoms with Crippen molar-refractivity contribution < 1.29 is 32.7 Å². The summed E-state index contributed by atoms with van der Waals surface area (Å²) >= 11 is 5.99. The van der Waals surface area contributed by atoms with Gasteiger partial charge in [-0.3, -0.25) is 4.79 Å². The first kappa shape index (κ1) is 29.7. The van der Waals surface area contributed by atoms with E-state index in [1.807, 2.05) is 0 Å². The lowest BCUT2D eigenvalue weighted by atomic mass is 9.94. The molecule has 1 aliphatic heterocycles. The van der Waals surface area contributed by atoms with Gasteiger partial charge in [0.2, 0.25) is 5.82 Å². The molecule has 42 heavy (non-hydrogen) atoms. The van der Waals surface area contributed by atoms with Crippen molar-refractivity contribution in [1.82, 2.24) is 24.8 Å². The molecule has 0 saturated carbocycles. The molecule has 2 aromatic carbocycles. The third-order valence-corrected chi connectivity index (χ3v) is 7.47. The number of halogens is 4. The van der Waals surface area contributed by atoms with Crippen molar-refractivity contribution in [3.8, 4) is 28.5 Å². The van der Waals surface area contributed by atoms with Gasteiger partial charge in [0.25, 0.3) is 5.89 Å². The van der Waals surface area contributed by atoms with Crippen molar-refractivity contribution in [3.63, 3.8) is 0 Å². The second-order valence-electron chi connectivity index (χ2n) is 10.2. The molecule has 1 saturated heterocycles. The SMILES string of the molecule is NCc1cc(Cl)ccc1-n1ncc(-c2nc(-c3ccc([C@H](O)CN4CCC[C@H](CC(=O)O)C4)cc3)no2)c1C(F)(F)F. The number of likely N-dealkylation sites (tertiary alicyclic amines) is 1. The van der Waals surface area contributed by atoms with Crippen LogP contribution in [0.1, 0.15) is 42.2 Å². The molecule has 222 valence electrons. The predicted molar refractivity (Wildman–Crippen MR) is 147 cm³/mol. The van der Waals surface area contributed by atoms with E-state index in [1.165, 1.54) is 18.2 Å². The number of nitrogens with two attached hydrogens (primary N) is 1. The monoisotopic (exact) mass is 604 g/mol. The van der Waals surface area contributed by atoms with Crippen molar-refractivity contribution in [3.05, 3.63) is 70.5 Å². The lowest BCUT2D eigenvalue weighted by Gasteiger charge is -2.33. The molecule has 14 heteroatoms. The first-order valence-corrected chi connectivity index (χ1v) is 13.6. The number of carbonyl (C=O) groups is 1. The lowest BCUT2D eigenvalue weighted by Crippen LogP contribution is -2.38. The van der Waals surface area contributed by atoms with E-state index < -0.39 is 29.5 Å². The molecule has 5 rings (SSSR count). The fourth-order valence-electron chi connectivity index (χ4n) is 5.27. The van der Waals surface area contributed by atoms with Crippen LogP contribution in [0.25, 0.3) is 28.5 Å². The maximum absolute atomic E-state index is 14.3. The van der Waals surface area contributed by atoms with E-state index in [9.17, 15) is 23.1 Å². The number of hydrogen-bond acceptors (Lipinski definition) is 8. The largest absolute Gasteiger partial charge is 0.481 e. The predicted octanol–water partition coefficient (Wildman–Crippen LogP) is 4.94. The summed E-state index contributed by atoms with van der Waals surface area (Å²) in [6.45, 7) is 1.68. The molecule has 1 fully saturated rings. The topological polar surface area (TPSA) is 144 Å². The third kappa shape index (κ3) is 6.49. The molecule has 2 atom stereocenters. The van der Waals surface area contributed by atoms with Gasteiger partial charge in [-0.2, -0.15) is 23.3 Å². The van der Waals surface area contributed by atoms with Crippen molar-refractivity contribution in [2.75, 3.05) is 19.6 Å². The van der Waals surface area contributed by atoms with Crippen molar-refractivity contribution in [2.45, 2.75) is 38.1 Å². The van der Waals surface area contributed by atoms with Gasteiger partial charge < -0.3 is 25.4 Å². The first-order chi connectivity index (χ1) is 20.0. The molecule has 0 unspecified atom stereocenters. The van der Waals surface area contributed by atoms with Crippen LogP contribution < -0.4 is 5.73 Å². The summed E-state index contributed by atoms with van der Waals surface area (Å²) in [5, 5.41) is 28.0. The van der Waals surface area contributed by atoms with Gasteiger partial charge >= 0.3 is 12.1 Å². The second kappa shape index (κ2) is 12.2. The normalized spacial score (nSPS) is 17.0. The van der Waals surface area contributed by atoms with Gasteiger partial charge in [-0.25, -0.2) is 4.68 Å². The first-order valence-electron chi connectivity index (χ1n) is 13.2. The van der Waals surface area contributed by atoms with Gasteiger partial charge in [0, 0.05) is 36.6 Å². The van der Waals surface area contributed by atoms with Crippen LogP contribution in [0.4, 0.5) is 13.2 Å². The standard InChI is InChI=1S/C28H28ClF3N6O4/c29-20-7-8-22(19(11-20)12-33)38-25(28(30,31)32)21(13-34-38)27-35-26(36-42-27)18-5-3-17(4-6-18)23(39)15-37-9-1-2-16(14-37)10-24(40)41/h3-8,11,13,16,23,39H,1-2,9-10,12,14-15,33H2,(H,40,41)/t16-,23-/m1/s1. The third-order valence-electron chi connectivity index (χ3n) is 7.24. The van der Waals surface area contributed by atoms with Gasteiger partial charge in [0.15, 0.2) is 5.69 Å². The van der Waals surface area contributed by atoms with Gasteiger partial charge in [0.1, 0.15) is 0 Å². The fraction of sp³-hybridized carbons (Fsp3) is 0.357. The number of piperidine rings is 1. The highest BCUT2D eigenvalue weighted by Gasteiger charge is 2.41. The van der Waals surface area contributed by atoms with E-state index >= 15 is 0 Å². The van der Waals surface area contributed by atoms with Crippen LogP contribution in [0.2, 0.25) is 5.02 Å². The maximum Gasteiger partial charge on any atom is 0.434 e. The summed E-state index contributed by atoms with van der Waals surface area (Å²) in [4.78, 5) is 17.3. The van der Waals surface area contributed by atoms with E-state index in [4.69, 9.17) is 27.0 Å². The Hall–Kier alpha value is -3.78. The Morgan fingerprint density at radius 2 is 1.98 bits per heavy atom. The van der Waals surface area contributed by atoms with E-state index in [-0.39, 0.29) is 36.3 Å². The number of carboxylic acids is 1.